The molecule has 0 saturated carbocycles. The summed E-state index contributed by atoms with van der Waals surface area (Å²) in [6.45, 7) is 8.85. The summed E-state index contributed by atoms with van der Waals surface area (Å²) in [4.78, 5) is 32.7. The van der Waals surface area contributed by atoms with Gasteiger partial charge in [-0.2, -0.15) is 5.26 Å². The molecule has 0 spiro atoms. The van der Waals surface area contributed by atoms with E-state index in [2.05, 4.69) is 31.8 Å². The van der Waals surface area contributed by atoms with Crippen LogP contribution in [0.3, 0.4) is 0 Å². The summed E-state index contributed by atoms with van der Waals surface area (Å²) < 4.78 is 7.02. The molecule has 4 aromatic rings. The number of hydrogen-bond acceptors (Lipinski definition) is 5. The standard InChI is InChI=1S/C33H34N4O3/c1-5-40-32(39)36-16-14-23(18-30(36)33(2,3)4)31(38)37-21-28(27-11-6-7-12-29(27)37)25(19-34)17-22-9-8-10-24-20-35-15-13-26(22)24/h6-13,15,17,20-21,23,30H,5,14,16,18H2,1-4H3/b25-17+. The van der Waals surface area contributed by atoms with Gasteiger partial charge < -0.3 is 9.64 Å². The van der Waals surface area contributed by atoms with Crippen molar-refractivity contribution in [2.24, 2.45) is 11.3 Å². The fourth-order valence-electron chi connectivity index (χ4n) is 5.81. The van der Waals surface area contributed by atoms with Gasteiger partial charge in [-0.15, -0.1) is 0 Å². The Balaban J connectivity index is 1.53. The molecule has 2 aromatic heterocycles. The first-order chi connectivity index (χ1) is 19.2. The van der Waals surface area contributed by atoms with Crippen LogP contribution in [0.4, 0.5) is 4.79 Å². The monoisotopic (exact) mass is 534 g/mol. The lowest BCUT2D eigenvalue weighted by Gasteiger charge is -2.44. The van der Waals surface area contributed by atoms with Crippen molar-refractivity contribution >= 4 is 45.3 Å². The number of carbonyl (C=O) groups is 2. The first-order valence-corrected chi connectivity index (χ1v) is 13.8. The maximum atomic E-state index is 14.1. The zero-order valence-corrected chi connectivity index (χ0v) is 23.4. The average Bonchev–Trinajstić information content (AvgIpc) is 3.34. The number of hydrogen-bond donors (Lipinski definition) is 0. The topological polar surface area (TPSA) is 88.2 Å². The summed E-state index contributed by atoms with van der Waals surface area (Å²) in [7, 11) is 0. The molecule has 3 heterocycles. The second-order valence-electron chi connectivity index (χ2n) is 11.4. The first-order valence-electron chi connectivity index (χ1n) is 13.8. The van der Waals surface area contributed by atoms with Crippen molar-refractivity contribution in [2.75, 3.05) is 13.2 Å². The molecule has 204 valence electrons. The van der Waals surface area contributed by atoms with Crippen molar-refractivity contribution in [2.45, 2.75) is 46.6 Å². The van der Waals surface area contributed by atoms with E-state index < -0.39 is 0 Å². The number of para-hydroxylation sites is 1. The summed E-state index contributed by atoms with van der Waals surface area (Å²) in [5.74, 6) is -0.285. The SMILES string of the molecule is CCOC(=O)N1CCC(C(=O)n2cc(/C(C#N)=C/c3cccc4cnccc34)c3ccccc32)CC1C(C)(C)C. The highest BCUT2D eigenvalue weighted by Crippen LogP contribution is 2.37. The summed E-state index contributed by atoms with van der Waals surface area (Å²) in [5.41, 5.74) is 2.66. The number of amides is 1. The summed E-state index contributed by atoms with van der Waals surface area (Å²) in [6.07, 6.45) is 8.01. The highest BCUT2D eigenvalue weighted by molar-refractivity contribution is 6.06. The van der Waals surface area contributed by atoms with Gasteiger partial charge in [-0.05, 0) is 54.3 Å². The van der Waals surface area contributed by atoms with Gasteiger partial charge in [0.2, 0.25) is 5.91 Å². The lowest BCUT2D eigenvalue weighted by atomic mass is 9.77. The Morgan fingerprint density at radius 3 is 2.67 bits per heavy atom. The van der Waals surface area contributed by atoms with Crippen molar-refractivity contribution in [1.82, 2.24) is 14.5 Å². The Hall–Kier alpha value is -4.44. The van der Waals surface area contributed by atoms with Crippen LogP contribution in [0.1, 0.15) is 56.5 Å². The predicted molar refractivity (Wildman–Crippen MR) is 157 cm³/mol. The molecule has 1 fully saturated rings. The van der Waals surface area contributed by atoms with Crippen LogP contribution in [-0.4, -0.2) is 45.6 Å². The fourth-order valence-corrected chi connectivity index (χ4v) is 5.81. The number of aromatic nitrogens is 2. The number of likely N-dealkylation sites (tertiary alicyclic amines) is 1. The number of allylic oxidation sites excluding steroid dienone is 1. The van der Waals surface area contributed by atoms with Gasteiger partial charge in [-0.3, -0.25) is 14.3 Å². The highest BCUT2D eigenvalue weighted by Gasteiger charge is 2.41. The minimum absolute atomic E-state index is 0.0197. The average molecular weight is 535 g/mol. The van der Waals surface area contributed by atoms with E-state index in [9.17, 15) is 14.9 Å². The molecule has 7 nitrogen and oxygen atoms in total. The molecule has 0 N–H and O–H groups in total. The van der Waals surface area contributed by atoms with Crippen LogP contribution >= 0.6 is 0 Å². The summed E-state index contributed by atoms with van der Waals surface area (Å²) in [6, 6.07) is 17.8. The zero-order valence-electron chi connectivity index (χ0n) is 23.4. The quantitative estimate of drug-likeness (QED) is 0.259. The molecule has 2 aromatic carbocycles. The maximum Gasteiger partial charge on any atom is 0.410 e. The number of benzene rings is 2. The van der Waals surface area contributed by atoms with Crippen LogP contribution in [0.25, 0.3) is 33.3 Å². The predicted octanol–water partition coefficient (Wildman–Crippen LogP) is 7.18. The highest BCUT2D eigenvalue weighted by atomic mass is 16.6. The Kier molecular flexibility index (Phi) is 7.44. The Bertz CT molecular complexity index is 1650. The number of rotatable bonds is 4. The molecule has 0 radical (unpaired) electrons. The van der Waals surface area contributed by atoms with Crippen LogP contribution < -0.4 is 0 Å². The molecular formula is C33H34N4O3. The van der Waals surface area contributed by atoms with E-state index in [-0.39, 0.29) is 29.4 Å². The van der Waals surface area contributed by atoms with E-state index in [0.29, 0.717) is 37.1 Å². The van der Waals surface area contributed by atoms with Gasteiger partial charge in [0.15, 0.2) is 0 Å². The van der Waals surface area contributed by atoms with Crippen LogP contribution in [-0.2, 0) is 4.74 Å². The number of carbonyl (C=O) groups excluding carboxylic acids is 2. The van der Waals surface area contributed by atoms with E-state index in [0.717, 1.165) is 27.2 Å². The van der Waals surface area contributed by atoms with Crippen molar-refractivity contribution in [3.63, 3.8) is 0 Å². The second kappa shape index (κ2) is 11.0. The van der Waals surface area contributed by atoms with Crippen molar-refractivity contribution in [1.29, 1.82) is 5.26 Å². The maximum absolute atomic E-state index is 14.1. The lowest BCUT2D eigenvalue weighted by molar-refractivity contribution is 0.0227. The second-order valence-corrected chi connectivity index (χ2v) is 11.4. The third-order valence-corrected chi connectivity index (χ3v) is 7.83. The Morgan fingerprint density at radius 2 is 1.93 bits per heavy atom. The third-order valence-electron chi connectivity index (χ3n) is 7.83. The number of nitrogens with zero attached hydrogens (tertiary/aromatic N) is 4. The van der Waals surface area contributed by atoms with Crippen molar-refractivity contribution in [3.05, 3.63) is 78.2 Å². The van der Waals surface area contributed by atoms with Gasteiger partial charge in [-0.25, -0.2) is 4.79 Å². The molecule has 1 aliphatic heterocycles. The number of fused-ring (bicyclic) bond motifs is 2. The third kappa shape index (κ3) is 5.10. The number of piperidine rings is 1. The minimum atomic E-state index is -0.324. The van der Waals surface area contributed by atoms with Crippen molar-refractivity contribution < 1.29 is 14.3 Å². The van der Waals surface area contributed by atoms with Gasteiger partial charge >= 0.3 is 6.09 Å². The van der Waals surface area contributed by atoms with E-state index in [4.69, 9.17) is 4.74 Å². The van der Waals surface area contributed by atoms with Crippen LogP contribution in [0, 0.1) is 22.7 Å². The van der Waals surface area contributed by atoms with E-state index in [1.54, 1.807) is 35.0 Å². The smallest absolute Gasteiger partial charge is 0.410 e. The summed E-state index contributed by atoms with van der Waals surface area (Å²) in [5, 5.41) is 13.1. The lowest BCUT2D eigenvalue weighted by Crippen LogP contribution is -2.53. The van der Waals surface area contributed by atoms with Gasteiger partial charge in [0.05, 0.1) is 23.8 Å². The molecule has 0 bridgehead atoms. The molecule has 1 saturated heterocycles. The first kappa shape index (κ1) is 27.1. The number of nitriles is 1. The molecule has 2 unspecified atom stereocenters. The zero-order chi connectivity index (χ0) is 28.4. The van der Waals surface area contributed by atoms with Crippen molar-refractivity contribution in [3.8, 4) is 6.07 Å². The summed E-state index contributed by atoms with van der Waals surface area (Å²) >= 11 is 0. The van der Waals surface area contributed by atoms with Crippen LogP contribution in [0.5, 0.6) is 0 Å². The van der Waals surface area contributed by atoms with Gasteiger partial charge in [-0.1, -0.05) is 57.2 Å². The normalized spacial score (nSPS) is 18.1. The van der Waals surface area contributed by atoms with Gasteiger partial charge in [0.1, 0.15) is 0 Å². The largest absolute Gasteiger partial charge is 0.450 e. The molecule has 0 aliphatic carbocycles. The Morgan fingerprint density at radius 1 is 1.12 bits per heavy atom. The molecule has 2 atom stereocenters. The molecule has 5 rings (SSSR count). The van der Waals surface area contributed by atoms with Crippen LogP contribution in [0.15, 0.2) is 67.1 Å². The van der Waals surface area contributed by atoms with E-state index in [1.807, 2.05) is 54.6 Å². The van der Waals surface area contributed by atoms with Gasteiger partial charge in [0.25, 0.3) is 0 Å². The molecular weight excluding hydrogens is 500 g/mol. The van der Waals surface area contributed by atoms with Gasteiger partial charge in [0, 0.05) is 53.4 Å². The number of pyridine rings is 1. The molecule has 1 aliphatic rings. The van der Waals surface area contributed by atoms with E-state index in [1.165, 1.54) is 0 Å². The molecule has 7 heteroatoms. The number of ether oxygens (including phenoxy) is 1. The van der Waals surface area contributed by atoms with E-state index >= 15 is 0 Å². The fraction of sp³-hybridized carbons (Fsp3) is 0.333. The van der Waals surface area contributed by atoms with Crippen LogP contribution in [0.2, 0.25) is 0 Å². The minimum Gasteiger partial charge on any atom is -0.450 e. The molecule has 40 heavy (non-hydrogen) atoms. The Labute approximate surface area is 234 Å². The molecule has 1 amide bonds.